The van der Waals surface area contributed by atoms with E-state index >= 15 is 0 Å². The van der Waals surface area contributed by atoms with E-state index in [0.29, 0.717) is 5.56 Å². The van der Waals surface area contributed by atoms with Crippen LogP contribution in [0.1, 0.15) is 36.0 Å². The smallest absolute Gasteiger partial charge is 0.257 e. The van der Waals surface area contributed by atoms with Gasteiger partial charge in [0.05, 0.1) is 11.8 Å². The standard InChI is InChI=1S/C17H27N3O2/c1-18-7-3-2-4-16(18)5-8-19-9-11-20(12-10-19)17(21)15-6-13-22-14-15/h6,13-14,16H,2-5,7-12H2,1H3/t16-/m1/s1. The molecular weight excluding hydrogens is 278 g/mol. The molecule has 0 aromatic carbocycles. The molecule has 3 rings (SSSR count). The van der Waals surface area contributed by atoms with E-state index in [9.17, 15) is 4.79 Å². The fraction of sp³-hybridized carbons (Fsp3) is 0.706. The number of piperidine rings is 1. The Morgan fingerprint density at radius 3 is 2.73 bits per heavy atom. The highest BCUT2D eigenvalue weighted by Gasteiger charge is 2.24. The van der Waals surface area contributed by atoms with Gasteiger partial charge in [0.15, 0.2) is 0 Å². The maximum absolute atomic E-state index is 12.3. The quantitative estimate of drug-likeness (QED) is 0.852. The summed E-state index contributed by atoms with van der Waals surface area (Å²) in [5.41, 5.74) is 0.664. The van der Waals surface area contributed by atoms with Crippen molar-refractivity contribution in [2.45, 2.75) is 31.7 Å². The molecule has 1 amide bonds. The first kappa shape index (κ1) is 15.6. The molecule has 1 aromatic rings. The molecule has 0 bridgehead atoms. The third-order valence-electron chi connectivity index (χ3n) is 5.13. The molecule has 0 N–H and O–H groups in total. The molecule has 122 valence electrons. The van der Waals surface area contributed by atoms with E-state index in [0.717, 1.165) is 38.8 Å². The SMILES string of the molecule is CN1CCCC[C@@H]1CCN1CCN(C(=O)c2ccoc2)CC1. The number of hydrogen-bond acceptors (Lipinski definition) is 4. The normalized spacial score (nSPS) is 24.6. The molecule has 2 aliphatic rings. The minimum atomic E-state index is 0.0976. The van der Waals surface area contributed by atoms with Gasteiger partial charge in [0.25, 0.3) is 5.91 Å². The van der Waals surface area contributed by atoms with Crippen molar-refractivity contribution in [2.24, 2.45) is 0 Å². The predicted molar refractivity (Wildman–Crippen MR) is 85.9 cm³/mol. The summed E-state index contributed by atoms with van der Waals surface area (Å²) in [7, 11) is 2.26. The Labute approximate surface area is 132 Å². The first-order chi connectivity index (χ1) is 10.7. The molecule has 0 aliphatic carbocycles. The minimum Gasteiger partial charge on any atom is -0.472 e. The van der Waals surface area contributed by atoms with Crippen LogP contribution in [0.5, 0.6) is 0 Å². The van der Waals surface area contributed by atoms with Crippen LogP contribution in [0.3, 0.4) is 0 Å². The molecule has 2 aliphatic heterocycles. The third-order valence-corrected chi connectivity index (χ3v) is 5.13. The Morgan fingerprint density at radius 1 is 1.23 bits per heavy atom. The Morgan fingerprint density at radius 2 is 2.05 bits per heavy atom. The van der Waals surface area contributed by atoms with Crippen LogP contribution in [0, 0.1) is 0 Å². The summed E-state index contributed by atoms with van der Waals surface area (Å²) in [6.07, 6.45) is 8.42. The van der Waals surface area contributed by atoms with E-state index < -0.39 is 0 Å². The van der Waals surface area contributed by atoms with Gasteiger partial charge in [-0.2, -0.15) is 0 Å². The predicted octanol–water partition coefficient (Wildman–Crippen LogP) is 1.91. The molecule has 2 fully saturated rings. The van der Waals surface area contributed by atoms with Gasteiger partial charge in [-0.3, -0.25) is 9.69 Å². The lowest BCUT2D eigenvalue weighted by Gasteiger charge is -2.37. The number of nitrogens with zero attached hydrogens (tertiary/aromatic N) is 3. The molecule has 5 heteroatoms. The monoisotopic (exact) mass is 305 g/mol. The molecular formula is C17H27N3O2. The number of furan rings is 1. The van der Waals surface area contributed by atoms with Crippen molar-refractivity contribution in [1.29, 1.82) is 0 Å². The number of carbonyl (C=O) groups is 1. The van der Waals surface area contributed by atoms with Gasteiger partial charge in [0.1, 0.15) is 6.26 Å². The summed E-state index contributed by atoms with van der Waals surface area (Å²) in [5.74, 6) is 0.0976. The van der Waals surface area contributed by atoms with Crippen molar-refractivity contribution in [3.05, 3.63) is 24.2 Å². The summed E-state index contributed by atoms with van der Waals surface area (Å²) >= 11 is 0. The van der Waals surface area contributed by atoms with Gasteiger partial charge in [0.2, 0.25) is 0 Å². The molecule has 0 radical (unpaired) electrons. The van der Waals surface area contributed by atoms with E-state index in [1.807, 2.05) is 4.90 Å². The highest BCUT2D eigenvalue weighted by molar-refractivity contribution is 5.93. The van der Waals surface area contributed by atoms with Crippen LogP contribution in [0.2, 0.25) is 0 Å². The molecule has 3 heterocycles. The largest absolute Gasteiger partial charge is 0.472 e. The molecule has 1 aromatic heterocycles. The van der Waals surface area contributed by atoms with Crippen LogP contribution in [-0.4, -0.2) is 73.0 Å². The zero-order valence-corrected chi connectivity index (χ0v) is 13.5. The molecule has 0 saturated carbocycles. The van der Waals surface area contributed by atoms with E-state index in [2.05, 4.69) is 16.8 Å². The summed E-state index contributed by atoms with van der Waals surface area (Å²) in [6, 6.07) is 2.49. The van der Waals surface area contributed by atoms with Crippen LogP contribution in [0.25, 0.3) is 0 Å². The van der Waals surface area contributed by atoms with Crippen molar-refractivity contribution < 1.29 is 9.21 Å². The average molecular weight is 305 g/mol. The first-order valence-corrected chi connectivity index (χ1v) is 8.48. The zero-order valence-electron chi connectivity index (χ0n) is 13.5. The van der Waals surface area contributed by atoms with E-state index in [1.54, 1.807) is 12.3 Å². The van der Waals surface area contributed by atoms with Crippen molar-refractivity contribution in [1.82, 2.24) is 14.7 Å². The Bertz CT molecular complexity index is 466. The lowest BCUT2D eigenvalue weighted by Crippen LogP contribution is -2.49. The number of piperazine rings is 1. The second-order valence-corrected chi connectivity index (χ2v) is 6.56. The van der Waals surface area contributed by atoms with Crippen LogP contribution in [0.4, 0.5) is 0 Å². The van der Waals surface area contributed by atoms with Crippen molar-refractivity contribution in [2.75, 3.05) is 46.3 Å². The van der Waals surface area contributed by atoms with Gasteiger partial charge in [0, 0.05) is 32.2 Å². The highest BCUT2D eigenvalue weighted by Crippen LogP contribution is 2.18. The Balaban J connectivity index is 1.41. The van der Waals surface area contributed by atoms with Crippen LogP contribution < -0.4 is 0 Å². The minimum absolute atomic E-state index is 0.0976. The summed E-state index contributed by atoms with van der Waals surface area (Å²) in [6.45, 7) is 6.02. The van der Waals surface area contributed by atoms with Crippen molar-refractivity contribution in [3.8, 4) is 0 Å². The van der Waals surface area contributed by atoms with Crippen molar-refractivity contribution in [3.63, 3.8) is 0 Å². The molecule has 22 heavy (non-hydrogen) atoms. The number of rotatable bonds is 4. The molecule has 5 nitrogen and oxygen atoms in total. The summed E-state index contributed by atoms with van der Waals surface area (Å²) < 4.78 is 5.00. The fourth-order valence-electron chi connectivity index (χ4n) is 3.58. The Kier molecular flexibility index (Phi) is 5.16. The van der Waals surface area contributed by atoms with Gasteiger partial charge >= 0.3 is 0 Å². The average Bonchev–Trinajstić information content (AvgIpc) is 3.08. The fourth-order valence-corrected chi connectivity index (χ4v) is 3.58. The van der Waals surface area contributed by atoms with Gasteiger partial charge < -0.3 is 14.2 Å². The van der Waals surface area contributed by atoms with Crippen molar-refractivity contribution >= 4 is 5.91 Å². The zero-order chi connectivity index (χ0) is 15.4. The second kappa shape index (κ2) is 7.29. The maximum atomic E-state index is 12.3. The third kappa shape index (κ3) is 3.70. The van der Waals surface area contributed by atoms with Crippen LogP contribution >= 0.6 is 0 Å². The topological polar surface area (TPSA) is 39.9 Å². The van der Waals surface area contributed by atoms with Gasteiger partial charge in [-0.05, 0) is 45.5 Å². The van der Waals surface area contributed by atoms with Crippen LogP contribution in [0.15, 0.2) is 23.0 Å². The summed E-state index contributed by atoms with van der Waals surface area (Å²) in [4.78, 5) is 19.2. The van der Waals surface area contributed by atoms with E-state index in [4.69, 9.17) is 4.42 Å². The first-order valence-electron chi connectivity index (χ1n) is 8.48. The number of likely N-dealkylation sites (tertiary alicyclic amines) is 1. The number of carbonyl (C=O) groups excluding carboxylic acids is 1. The maximum Gasteiger partial charge on any atom is 0.257 e. The molecule has 0 unspecified atom stereocenters. The number of hydrogen-bond donors (Lipinski definition) is 0. The molecule has 0 spiro atoms. The van der Waals surface area contributed by atoms with Gasteiger partial charge in [-0.25, -0.2) is 0 Å². The second-order valence-electron chi connectivity index (χ2n) is 6.56. The van der Waals surface area contributed by atoms with E-state index in [-0.39, 0.29) is 5.91 Å². The van der Waals surface area contributed by atoms with E-state index in [1.165, 1.54) is 38.5 Å². The van der Waals surface area contributed by atoms with Gasteiger partial charge in [-0.15, -0.1) is 0 Å². The van der Waals surface area contributed by atoms with Crippen LogP contribution in [-0.2, 0) is 0 Å². The molecule has 1 atom stereocenters. The highest BCUT2D eigenvalue weighted by atomic mass is 16.3. The lowest BCUT2D eigenvalue weighted by molar-refractivity contribution is 0.0616. The lowest BCUT2D eigenvalue weighted by atomic mass is 10.00. The van der Waals surface area contributed by atoms with Gasteiger partial charge in [-0.1, -0.05) is 6.42 Å². The number of amides is 1. The Hall–Kier alpha value is -1.33. The molecule has 2 saturated heterocycles. The summed E-state index contributed by atoms with van der Waals surface area (Å²) in [5, 5.41) is 0.